The molecule has 3 heteroatoms. The van der Waals surface area contributed by atoms with Crippen molar-refractivity contribution in [1.82, 2.24) is 5.32 Å². The molecule has 1 N–H and O–H groups in total. The molecule has 1 saturated heterocycles. The van der Waals surface area contributed by atoms with Gasteiger partial charge in [-0.3, -0.25) is 0 Å². The van der Waals surface area contributed by atoms with Crippen molar-refractivity contribution in [3.05, 3.63) is 0 Å². The lowest BCUT2D eigenvalue weighted by Crippen LogP contribution is -2.61. The molecule has 0 amide bonds. The van der Waals surface area contributed by atoms with Gasteiger partial charge in [-0.1, -0.05) is 6.42 Å². The molecule has 0 aromatic rings. The van der Waals surface area contributed by atoms with Crippen molar-refractivity contribution in [1.29, 1.82) is 0 Å². The summed E-state index contributed by atoms with van der Waals surface area (Å²) in [5.41, 5.74) is 0. The number of hydrogen-bond acceptors (Lipinski definition) is 3. The van der Waals surface area contributed by atoms with E-state index in [1.165, 1.54) is 19.3 Å². The molecule has 2 atom stereocenters. The molecule has 0 aromatic carbocycles. The summed E-state index contributed by atoms with van der Waals surface area (Å²) >= 11 is 0. The summed E-state index contributed by atoms with van der Waals surface area (Å²) in [6.07, 6.45) is 3.78. The smallest absolute Gasteiger partial charge is 0.175 e. The lowest BCUT2D eigenvalue weighted by molar-refractivity contribution is -0.290. The second-order valence-corrected chi connectivity index (χ2v) is 4.11. The number of methoxy groups -OCH3 is 2. The van der Waals surface area contributed by atoms with Crippen molar-refractivity contribution >= 4 is 0 Å². The van der Waals surface area contributed by atoms with Crippen molar-refractivity contribution in [3.8, 4) is 0 Å². The zero-order valence-electron chi connectivity index (χ0n) is 8.51. The molecule has 0 spiro atoms. The minimum Gasteiger partial charge on any atom is -0.353 e. The van der Waals surface area contributed by atoms with E-state index < -0.39 is 0 Å². The van der Waals surface area contributed by atoms with Crippen LogP contribution in [-0.2, 0) is 9.47 Å². The lowest BCUT2D eigenvalue weighted by atomic mass is 9.73. The van der Waals surface area contributed by atoms with Crippen LogP contribution >= 0.6 is 0 Å². The highest BCUT2D eigenvalue weighted by atomic mass is 16.7. The summed E-state index contributed by atoms with van der Waals surface area (Å²) in [5, 5.41) is 3.45. The Labute approximate surface area is 79.8 Å². The molecule has 1 aliphatic heterocycles. The van der Waals surface area contributed by atoms with E-state index in [1.54, 1.807) is 14.2 Å². The van der Waals surface area contributed by atoms with Gasteiger partial charge in [0.05, 0.1) is 0 Å². The van der Waals surface area contributed by atoms with Crippen LogP contribution in [0, 0.1) is 11.8 Å². The number of hydrogen-bond donors (Lipinski definition) is 1. The number of fused-ring (bicyclic) bond motifs is 2. The molecule has 1 heterocycles. The molecule has 2 fully saturated rings. The van der Waals surface area contributed by atoms with Gasteiger partial charge >= 0.3 is 0 Å². The van der Waals surface area contributed by atoms with E-state index >= 15 is 0 Å². The van der Waals surface area contributed by atoms with Gasteiger partial charge in [-0.2, -0.15) is 0 Å². The van der Waals surface area contributed by atoms with Crippen molar-refractivity contribution in [2.45, 2.75) is 25.0 Å². The first kappa shape index (κ1) is 9.44. The summed E-state index contributed by atoms with van der Waals surface area (Å²) in [6, 6.07) is 0. The molecule has 76 valence electrons. The quantitative estimate of drug-likeness (QED) is 0.651. The fourth-order valence-corrected chi connectivity index (χ4v) is 3.02. The first-order chi connectivity index (χ1) is 6.33. The molecule has 2 rings (SSSR count). The van der Waals surface area contributed by atoms with Crippen LogP contribution in [0.5, 0.6) is 0 Å². The maximum Gasteiger partial charge on any atom is 0.175 e. The van der Waals surface area contributed by atoms with Crippen molar-refractivity contribution in [2.75, 3.05) is 27.3 Å². The highest BCUT2D eigenvalue weighted by Gasteiger charge is 2.50. The SMILES string of the molecule is COC1(OC)[C@H]2CCC[C@H]1CNC2. The van der Waals surface area contributed by atoms with Crippen LogP contribution < -0.4 is 5.32 Å². The standard InChI is InChI=1S/C10H19NO2/c1-12-10(13-2)8-4-3-5-9(10)7-11-6-8/h8-9,11H,3-7H2,1-2H3/t8-,9-/m0/s1. The van der Waals surface area contributed by atoms with Crippen LogP contribution in [0.4, 0.5) is 0 Å². The van der Waals surface area contributed by atoms with Crippen LogP contribution in [0.2, 0.25) is 0 Å². The van der Waals surface area contributed by atoms with Crippen LogP contribution in [0.25, 0.3) is 0 Å². The summed E-state index contributed by atoms with van der Waals surface area (Å²) in [5.74, 6) is 0.786. The zero-order chi connectivity index (χ0) is 9.31. The molecule has 2 aliphatic rings. The molecule has 0 unspecified atom stereocenters. The summed E-state index contributed by atoms with van der Waals surface area (Å²) in [6.45, 7) is 2.08. The molecular weight excluding hydrogens is 166 g/mol. The zero-order valence-corrected chi connectivity index (χ0v) is 8.51. The van der Waals surface area contributed by atoms with Crippen LogP contribution in [-0.4, -0.2) is 33.1 Å². The Balaban J connectivity index is 2.22. The second kappa shape index (κ2) is 3.56. The Kier molecular flexibility index (Phi) is 2.58. The molecular formula is C10H19NO2. The van der Waals surface area contributed by atoms with Crippen molar-refractivity contribution < 1.29 is 9.47 Å². The highest BCUT2D eigenvalue weighted by Crippen LogP contribution is 2.43. The molecule has 2 bridgehead atoms. The third-order valence-electron chi connectivity index (χ3n) is 3.66. The normalized spacial score (nSPS) is 37.4. The van der Waals surface area contributed by atoms with E-state index in [1.807, 2.05) is 0 Å². The Bertz CT molecular complexity index is 156. The maximum absolute atomic E-state index is 5.63. The second-order valence-electron chi connectivity index (χ2n) is 4.11. The van der Waals surface area contributed by atoms with Gasteiger partial charge in [0.1, 0.15) is 0 Å². The monoisotopic (exact) mass is 185 g/mol. The number of nitrogens with one attached hydrogen (secondary N) is 1. The number of rotatable bonds is 2. The van der Waals surface area contributed by atoms with Gasteiger partial charge in [-0.15, -0.1) is 0 Å². The third-order valence-corrected chi connectivity index (χ3v) is 3.66. The minimum atomic E-state index is -0.288. The molecule has 1 aliphatic carbocycles. The van der Waals surface area contributed by atoms with E-state index in [4.69, 9.17) is 9.47 Å². The van der Waals surface area contributed by atoms with Gasteiger partial charge < -0.3 is 14.8 Å². The topological polar surface area (TPSA) is 30.5 Å². The molecule has 13 heavy (non-hydrogen) atoms. The minimum absolute atomic E-state index is 0.288. The summed E-state index contributed by atoms with van der Waals surface area (Å²) in [7, 11) is 3.56. The predicted molar refractivity (Wildman–Crippen MR) is 50.4 cm³/mol. The largest absolute Gasteiger partial charge is 0.353 e. The lowest BCUT2D eigenvalue weighted by Gasteiger charge is -2.50. The van der Waals surface area contributed by atoms with Gasteiger partial charge in [-0.25, -0.2) is 0 Å². The van der Waals surface area contributed by atoms with Gasteiger partial charge in [0.2, 0.25) is 0 Å². The highest BCUT2D eigenvalue weighted by molar-refractivity contribution is 4.96. The predicted octanol–water partition coefficient (Wildman–Crippen LogP) is 0.995. The van der Waals surface area contributed by atoms with E-state index in [2.05, 4.69) is 5.32 Å². The number of piperidine rings is 1. The van der Waals surface area contributed by atoms with E-state index in [9.17, 15) is 0 Å². The van der Waals surface area contributed by atoms with Gasteiger partial charge in [-0.05, 0) is 12.8 Å². The Morgan fingerprint density at radius 2 is 1.62 bits per heavy atom. The van der Waals surface area contributed by atoms with Crippen molar-refractivity contribution in [2.24, 2.45) is 11.8 Å². The first-order valence-corrected chi connectivity index (χ1v) is 5.14. The average molecular weight is 185 g/mol. The fourth-order valence-electron chi connectivity index (χ4n) is 3.02. The summed E-state index contributed by atoms with van der Waals surface area (Å²) in [4.78, 5) is 0. The van der Waals surface area contributed by atoms with E-state index in [0.717, 1.165) is 13.1 Å². The Morgan fingerprint density at radius 1 is 1.08 bits per heavy atom. The first-order valence-electron chi connectivity index (χ1n) is 5.14. The van der Waals surface area contributed by atoms with Gasteiger partial charge in [0.15, 0.2) is 5.79 Å². The van der Waals surface area contributed by atoms with Crippen LogP contribution in [0.1, 0.15) is 19.3 Å². The Hall–Kier alpha value is -0.120. The molecule has 0 aromatic heterocycles. The third kappa shape index (κ3) is 1.30. The number of ether oxygens (including phenoxy) is 2. The average Bonchev–Trinajstić information content (AvgIpc) is 2.16. The van der Waals surface area contributed by atoms with E-state index in [0.29, 0.717) is 11.8 Å². The fraction of sp³-hybridized carbons (Fsp3) is 1.00. The van der Waals surface area contributed by atoms with Gasteiger partial charge in [0.25, 0.3) is 0 Å². The maximum atomic E-state index is 5.63. The van der Waals surface area contributed by atoms with Crippen LogP contribution in [0.3, 0.4) is 0 Å². The van der Waals surface area contributed by atoms with Crippen molar-refractivity contribution in [3.63, 3.8) is 0 Å². The molecule has 3 nitrogen and oxygen atoms in total. The Morgan fingerprint density at radius 3 is 2.00 bits per heavy atom. The van der Waals surface area contributed by atoms with E-state index in [-0.39, 0.29) is 5.79 Å². The summed E-state index contributed by atoms with van der Waals surface area (Å²) < 4.78 is 11.3. The molecule has 1 saturated carbocycles. The van der Waals surface area contributed by atoms with Crippen LogP contribution in [0.15, 0.2) is 0 Å². The van der Waals surface area contributed by atoms with Gasteiger partial charge in [0, 0.05) is 39.1 Å². The molecule has 0 radical (unpaired) electrons.